The van der Waals surface area contributed by atoms with Crippen LogP contribution in [0.4, 0.5) is 10.1 Å². The number of carbonyl (C=O) groups is 2. The van der Waals surface area contributed by atoms with E-state index in [4.69, 9.17) is 4.74 Å². The average molecular weight is 392 g/mol. The van der Waals surface area contributed by atoms with E-state index >= 15 is 0 Å². The first-order valence-electron chi connectivity index (χ1n) is 9.16. The Morgan fingerprint density at radius 2 is 1.59 bits per heavy atom. The molecule has 0 saturated carbocycles. The molecule has 0 aliphatic carbocycles. The van der Waals surface area contributed by atoms with E-state index in [-0.39, 0.29) is 30.3 Å². The lowest BCUT2D eigenvalue weighted by molar-refractivity contribution is -0.123. The Bertz CT molecular complexity index is 975. The maximum atomic E-state index is 13.0. The summed E-state index contributed by atoms with van der Waals surface area (Å²) in [5, 5.41) is 5.58. The number of rotatable bonds is 7. The van der Waals surface area contributed by atoms with Gasteiger partial charge in [0.1, 0.15) is 11.6 Å². The molecule has 0 aromatic heterocycles. The Labute approximate surface area is 168 Å². The summed E-state index contributed by atoms with van der Waals surface area (Å²) in [4.78, 5) is 24.8. The third-order valence-electron chi connectivity index (χ3n) is 4.27. The summed E-state index contributed by atoms with van der Waals surface area (Å²) in [6, 6.07) is 21.4. The number of halogens is 1. The largest absolute Gasteiger partial charge is 0.483 e. The Hall–Kier alpha value is -3.67. The van der Waals surface area contributed by atoms with Crippen molar-refractivity contribution in [1.82, 2.24) is 5.32 Å². The summed E-state index contributed by atoms with van der Waals surface area (Å²) in [5.41, 5.74) is 1.77. The SMILES string of the molecule is C[C@H](NC(=O)COc1ccccc1C(=O)Nc1ccccc1)c1ccc(F)cc1. The molecule has 3 aromatic rings. The Balaban J connectivity index is 1.59. The van der Waals surface area contributed by atoms with Gasteiger partial charge in [-0.05, 0) is 48.9 Å². The highest BCUT2D eigenvalue weighted by molar-refractivity contribution is 6.06. The molecule has 3 rings (SSSR count). The summed E-state index contributed by atoms with van der Waals surface area (Å²) in [7, 11) is 0. The maximum Gasteiger partial charge on any atom is 0.259 e. The van der Waals surface area contributed by atoms with Crippen molar-refractivity contribution >= 4 is 17.5 Å². The van der Waals surface area contributed by atoms with Crippen LogP contribution in [0.25, 0.3) is 0 Å². The summed E-state index contributed by atoms with van der Waals surface area (Å²) in [6.07, 6.45) is 0. The first-order valence-corrected chi connectivity index (χ1v) is 9.16. The van der Waals surface area contributed by atoms with Crippen molar-refractivity contribution in [2.75, 3.05) is 11.9 Å². The zero-order chi connectivity index (χ0) is 20.6. The van der Waals surface area contributed by atoms with Crippen LogP contribution in [0, 0.1) is 5.82 Å². The van der Waals surface area contributed by atoms with E-state index in [1.165, 1.54) is 12.1 Å². The van der Waals surface area contributed by atoms with E-state index in [9.17, 15) is 14.0 Å². The van der Waals surface area contributed by atoms with E-state index < -0.39 is 0 Å². The number of nitrogens with one attached hydrogen (secondary N) is 2. The van der Waals surface area contributed by atoms with Gasteiger partial charge in [0.15, 0.2) is 6.61 Å². The lowest BCUT2D eigenvalue weighted by Gasteiger charge is -2.16. The predicted molar refractivity (Wildman–Crippen MR) is 109 cm³/mol. The fourth-order valence-corrected chi connectivity index (χ4v) is 2.76. The summed E-state index contributed by atoms with van der Waals surface area (Å²) >= 11 is 0. The van der Waals surface area contributed by atoms with Crippen molar-refractivity contribution in [3.63, 3.8) is 0 Å². The van der Waals surface area contributed by atoms with Crippen LogP contribution in [0.5, 0.6) is 5.75 Å². The molecule has 0 heterocycles. The van der Waals surface area contributed by atoms with E-state index in [2.05, 4.69) is 10.6 Å². The minimum absolute atomic E-state index is 0.249. The van der Waals surface area contributed by atoms with Crippen LogP contribution in [-0.4, -0.2) is 18.4 Å². The van der Waals surface area contributed by atoms with Gasteiger partial charge in [0.2, 0.25) is 0 Å². The second-order valence-corrected chi connectivity index (χ2v) is 6.45. The number of ether oxygens (including phenoxy) is 1. The van der Waals surface area contributed by atoms with Gasteiger partial charge in [-0.15, -0.1) is 0 Å². The van der Waals surface area contributed by atoms with E-state index in [1.807, 2.05) is 18.2 Å². The van der Waals surface area contributed by atoms with Crippen molar-refractivity contribution in [3.8, 4) is 5.75 Å². The lowest BCUT2D eigenvalue weighted by Crippen LogP contribution is -2.31. The van der Waals surface area contributed by atoms with Gasteiger partial charge in [-0.2, -0.15) is 0 Å². The zero-order valence-corrected chi connectivity index (χ0v) is 15.9. The molecule has 0 bridgehead atoms. The number of amides is 2. The van der Waals surface area contributed by atoms with Crippen LogP contribution < -0.4 is 15.4 Å². The molecule has 5 nitrogen and oxygen atoms in total. The molecule has 0 radical (unpaired) electrons. The summed E-state index contributed by atoms with van der Waals surface area (Å²) in [6.45, 7) is 1.55. The number of hydrogen-bond donors (Lipinski definition) is 2. The molecule has 0 spiro atoms. The molecule has 0 saturated heterocycles. The number of para-hydroxylation sites is 2. The Morgan fingerprint density at radius 1 is 0.931 bits per heavy atom. The van der Waals surface area contributed by atoms with E-state index in [1.54, 1.807) is 55.5 Å². The standard InChI is InChI=1S/C23H21FN2O3/c1-16(17-11-13-18(24)14-12-17)25-22(27)15-29-21-10-6-5-9-20(21)23(28)26-19-7-3-2-4-8-19/h2-14,16H,15H2,1H3,(H,25,27)(H,26,28)/t16-/m0/s1. The van der Waals surface area contributed by atoms with Crippen molar-refractivity contribution in [1.29, 1.82) is 0 Å². The van der Waals surface area contributed by atoms with Crippen molar-refractivity contribution < 1.29 is 18.7 Å². The van der Waals surface area contributed by atoms with Crippen LogP contribution in [0.15, 0.2) is 78.9 Å². The second-order valence-electron chi connectivity index (χ2n) is 6.45. The monoisotopic (exact) mass is 392 g/mol. The number of hydrogen-bond acceptors (Lipinski definition) is 3. The molecule has 0 aliphatic rings. The Morgan fingerprint density at radius 3 is 2.31 bits per heavy atom. The molecule has 1 atom stereocenters. The molecule has 0 aliphatic heterocycles. The molecule has 148 valence electrons. The van der Waals surface area contributed by atoms with Crippen LogP contribution in [0.1, 0.15) is 28.9 Å². The maximum absolute atomic E-state index is 13.0. The van der Waals surface area contributed by atoms with Crippen molar-refractivity contribution in [3.05, 3.63) is 95.8 Å². The second kappa shape index (κ2) is 9.50. The van der Waals surface area contributed by atoms with Crippen molar-refractivity contribution in [2.24, 2.45) is 0 Å². The predicted octanol–water partition coefficient (Wildman–Crippen LogP) is 4.33. The summed E-state index contributed by atoms with van der Waals surface area (Å²) in [5.74, 6) is -0.696. The van der Waals surface area contributed by atoms with E-state index in [0.717, 1.165) is 5.56 Å². The smallest absolute Gasteiger partial charge is 0.259 e. The molecule has 29 heavy (non-hydrogen) atoms. The fraction of sp³-hybridized carbons (Fsp3) is 0.130. The molecule has 0 fully saturated rings. The van der Waals surface area contributed by atoms with Gasteiger partial charge in [0, 0.05) is 5.69 Å². The first kappa shape index (κ1) is 20.1. The normalized spacial score (nSPS) is 11.4. The molecule has 2 N–H and O–H groups in total. The highest BCUT2D eigenvalue weighted by Gasteiger charge is 2.15. The molecular weight excluding hydrogens is 371 g/mol. The van der Waals surface area contributed by atoms with Gasteiger partial charge in [0.05, 0.1) is 11.6 Å². The highest BCUT2D eigenvalue weighted by Crippen LogP contribution is 2.20. The minimum atomic E-state index is -0.347. The Kier molecular flexibility index (Phi) is 6.58. The van der Waals surface area contributed by atoms with Gasteiger partial charge in [0.25, 0.3) is 11.8 Å². The van der Waals surface area contributed by atoms with Crippen LogP contribution in [0.3, 0.4) is 0 Å². The average Bonchev–Trinajstić information content (AvgIpc) is 2.73. The van der Waals surface area contributed by atoms with Crippen molar-refractivity contribution in [2.45, 2.75) is 13.0 Å². The van der Waals surface area contributed by atoms with E-state index in [0.29, 0.717) is 17.0 Å². The first-order chi connectivity index (χ1) is 14.0. The minimum Gasteiger partial charge on any atom is -0.483 e. The number of anilines is 1. The van der Waals surface area contributed by atoms with Gasteiger partial charge in [-0.25, -0.2) is 4.39 Å². The fourth-order valence-electron chi connectivity index (χ4n) is 2.76. The van der Waals surface area contributed by atoms with Gasteiger partial charge < -0.3 is 15.4 Å². The van der Waals surface area contributed by atoms with Gasteiger partial charge >= 0.3 is 0 Å². The number of benzene rings is 3. The third kappa shape index (κ3) is 5.65. The molecule has 0 unspecified atom stereocenters. The highest BCUT2D eigenvalue weighted by atomic mass is 19.1. The quantitative estimate of drug-likeness (QED) is 0.629. The van der Waals surface area contributed by atoms with Crippen LogP contribution >= 0.6 is 0 Å². The molecule has 2 amide bonds. The lowest BCUT2D eigenvalue weighted by atomic mass is 10.1. The van der Waals surface area contributed by atoms with Gasteiger partial charge in [-0.1, -0.05) is 42.5 Å². The summed E-state index contributed by atoms with van der Waals surface area (Å²) < 4.78 is 18.6. The van der Waals surface area contributed by atoms with Crippen LogP contribution in [0.2, 0.25) is 0 Å². The van der Waals surface area contributed by atoms with Crippen LogP contribution in [-0.2, 0) is 4.79 Å². The molecule has 6 heteroatoms. The van der Waals surface area contributed by atoms with Gasteiger partial charge in [-0.3, -0.25) is 9.59 Å². The topological polar surface area (TPSA) is 67.4 Å². The molecule has 3 aromatic carbocycles. The zero-order valence-electron chi connectivity index (χ0n) is 15.9. The molecular formula is C23H21FN2O3. The third-order valence-corrected chi connectivity index (χ3v) is 4.27. The number of carbonyl (C=O) groups excluding carboxylic acids is 2.